The highest BCUT2D eigenvalue weighted by atomic mass is 32.2. The maximum Gasteiger partial charge on any atom is 0.150 e. The Labute approximate surface area is 223 Å². The Morgan fingerprint density at radius 1 is 0.919 bits per heavy atom. The average molecular weight is 515 g/mol. The molecule has 5 nitrogen and oxygen atoms in total. The van der Waals surface area contributed by atoms with Crippen LogP contribution >= 0.6 is 0 Å². The molecule has 0 bridgehead atoms. The SMILES string of the molecule is Cc1c(NS(=O)c2ccc(-c3cccc(CNCCCc4ccccc4)c3)cc2)c(CC(C)C)nn1C. The molecule has 0 aliphatic carbocycles. The van der Waals surface area contributed by atoms with Crippen LogP contribution in [0.15, 0.2) is 83.8 Å². The lowest BCUT2D eigenvalue weighted by atomic mass is 10.0. The molecule has 4 rings (SSSR count). The Hall–Kier alpha value is -3.22. The van der Waals surface area contributed by atoms with Crippen LogP contribution in [-0.2, 0) is 37.4 Å². The van der Waals surface area contributed by atoms with Crippen molar-refractivity contribution in [2.75, 3.05) is 11.3 Å². The second-order valence-corrected chi connectivity index (χ2v) is 11.2. The lowest BCUT2D eigenvalue weighted by Gasteiger charge is -2.10. The van der Waals surface area contributed by atoms with E-state index in [1.165, 1.54) is 11.1 Å². The normalized spacial score (nSPS) is 12.1. The van der Waals surface area contributed by atoms with Gasteiger partial charge in [-0.1, -0.05) is 74.5 Å². The van der Waals surface area contributed by atoms with Crippen molar-refractivity contribution in [1.82, 2.24) is 15.1 Å². The summed E-state index contributed by atoms with van der Waals surface area (Å²) in [6.45, 7) is 8.17. The first-order valence-electron chi connectivity index (χ1n) is 13.1. The third kappa shape index (κ3) is 7.40. The van der Waals surface area contributed by atoms with E-state index in [1.807, 2.05) is 42.9 Å². The van der Waals surface area contributed by atoms with E-state index in [4.69, 9.17) is 0 Å². The molecule has 1 heterocycles. The van der Waals surface area contributed by atoms with Crippen molar-refractivity contribution in [1.29, 1.82) is 0 Å². The Morgan fingerprint density at radius 3 is 2.38 bits per heavy atom. The predicted octanol–water partition coefficient (Wildman–Crippen LogP) is 6.45. The number of benzene rings is 3. The molecule has 37 heavy (non-hydrogen) atoms. The molecule has 0 spiro atoms. The molecule has 2 N–H and O–H groups in total. The van der Waals surface area contributed by atoms with Gasteiger partial charge in [0.1, 0.15) is 11.0 Å². The standard InChI is InChI=1S/C31H38N4OS/c1-23(2)20-30-31(24(3)35(4)33-30)34-37(36)29-17-15-27(16-18-29)28-14-8-12-26(21-28)22-32-19-9-13-25-10-6-5-7-11-25/h5-8,10-12,14-18,21,23,32,34H,9,13,19-20,22H2,1-4H3. The molecule has 1 atom stereocenters. The van der Waals surface area contributed by atoms with Gasteiger partial charge in [0.25, 0.3) is 0 Å². The van der Waals surface area contributed by atoms with Crippen LogP contribution in [-0.4, -0.2) is 20.5 Å². The molecule has 6 heteroatoms. The first-order chi connectivity index (χ1) is 17.9. The number of hydrogen-bond acceptors (Lipinski definition) is 3. The van der Waals surface area contributed by atoms with Crippen LogP contribution in [0.25, 0.3) is 11.1 Å². The van der Waals surface area contributed by atoms with Gasteiger partial charge >= 0.3 is 0 Å². The first kappa shape index (κ1) is 26.8. The number of aromatic nitrogens is 2. The Morgan fingerprint density at radius 2 is 1.65 bits per heavy atom. The van der Waals surface area contributed by atoms with Gasteiger partial charge in [-0.25, -0.2) is 4.21 Å². The van der Waals surface area contributed by atoms with Gasteiger partial charge in [-0.05, 0) is 79.1 Å². The molecule has 194 valence electrons. The molecule has 0 amide bonds. The van der Waals surface area contributed by atoms with Crippen LogP contribution in [0, 0.1) is 12.8 Å². The number of nitrogens with one attached hydrogen (secondary N) is 2. The van der Waals surface area contributed by atoms with Gasteiger partial charge in [-0.3, -0.25) is 9.40 Å². The number of rotatable bonds is 12. The fourth-order valence-electron chi connectivity index (χ4n) is 4.42. The van der Waals surface area contributed by atoms with E-state index in [2.05, 4.69) is 83.6 Å². The number of anilines is 1. The highest BCUT2D eigenvalue weighted by molar-refractivity contribution is 7.86. The van der Waals surface area contributed by atoms with Crippen LogP contribution in [0.1, 0.15) is 42.8 Å². The quantitative estimate of drug-likeness (QED) is 0.214. The lowest BCUT2D eigenvalue weighted by molar-refractivity contribution is 0.619. The summed E-state index contributed by atoms with van der Waals surface area (Å²) >= 11 is 0. The zero-order valence-corrected chi connectivity index (χ0v) is 23.1. The zero-order valence-electron chi connectivity index (χ0n) is 22.3. The first-order valence-corrected chi connectivity index (χ1v) is 14.2. The summed E-state index contributed by atoms with van der Waals surface area (Å²) in [5, 5.41) is 8.18. The van der Waals surface area contributed by atoms with Crippen molar-refractivity contribution in [2.45, 2.75) is 51.5 Å². The third-order valence-electron chi connectivity index (χ3n) is 6.52. The topological polar surface area (TPSA) is 59.0 Å². The molecule has 0 aliphatic rings. The second-order valence-electron chi connectivity index (χ2n) is 9.99. The van der Waals surface area contributed by atoms with E-state index in [1.54, 1.807) is 0 Å². The van der Waals surface area contributed by atoms with Gasteiger partial charge in [0.15, 0.2) is 0 Å². The molecule has 3 aromatic carbocycles. The minimum absolute atomic E-state index is 0.475. The monoisotopic (exact) mass is 514 g/mol. The summed E-state index contributed by atoms with van der Waals surface area (Å²) in [5.41, 5.74) is 7.76. The maximum atomic E-state index is 13.1. The van der Waals surface area contributed by atoms with Crippen molar-refractivity contribution in [3.05, 3.63) is 101 Å². The number of hydrogen-bond donors (Lipinski definition) is 2. The van der Waals surface area contributed by atoms with Crippen molar-refractivity contribution in [2.24, 2.45) is 13.0 Å². The largest absolute Gasteiger partial charge is 0.313 e. The van der Waals surface area contributed by atoms with E-state index in [0.29, 0.717) is 5.92 Å². The fourth-order valence-corrected chi connectivity index (χ4v) is 5.37. The average Bonchev–Trinajstić information content (AvgIpc) is 3.16. The van der Waals surface area contributed by atoms with Gasteiger partial charge < -0.3 is 5.32 Å². The van der Waals surface area contributed by atoms with Crippen LogP contribution in [0.4, 0.5) is 5.69 Å². The maximum absolute atomic E-state index is 13.1. The van der Waals surface area contributed by atoms with Gasteiger partial charge in [-0.15, -0.1) is 0 Å². The number of nitrogens with zero attached hydrogens (tertiary/aromatic N) is 2. The van der Waals surface area contributed by atoms with E-state index >= 15 is 0 Å². The van der Waals surface area contributed by atoms with Crippen molar-refractivity contribution in [3.8, 4) is 11.1 Å². The highest BCUT2D eigenvalue weighted by Crippen LogP contribution is 2.26. The molecule has 4 aromatic rings. The summed E-state index contributed by atoms with van der Waals surface area (Å²) in [7, 11) is 0.568. The van der Waals surface area contributed by atoms with Crippen molar-refractivity contribution >= 4 is 16.7 Å². The van der Waals surface area contributed by atoms with Crippen LogP contribution in [0.2, 0.25) is 0 Å². The van der Waals surface area contributed by atoms with Crippen molar-refractivity contribution in [3.63, 3.8) is 0 Å². The predicted molar refractivity (Wildman–Crippen MR) is 155 cm³/mol. The number of aryl methyl sites for hydroxylation is 2. The molecule has 0 aliphatic heterocycles. The molecule has 1 aromatic heterocycles. The van der Waals surface area contributed by atoms with Gasteiger partial charge in [0.05, 0.1) is 22.0 Å². The smallest absolute Gasteiger partial charge is 0.150 e. The summed E-state index contributed by atoms with van der Waals surface area (Å²) in [5.74, 6) is 0.475. The molecule has 1 unspecified atom stereocenters. The van der Waals surface area contributed by atoms with Crippen LogP contribution in [0.5, 0.6) is 0 Å². The summed E-state index contributed by atoms with van der Waals surface area (Å²) in [6.07, 6.45) is 3.06. The van der Waals surface area contributed by atoms with Crippen molar-refractivity contribution < 1.29 is 4.21 Å². The summed E-state index contributed by atoms with van der Waals surface area (Å²) < 4.78 is 18.2. The molecule has 0 radical (unpaired) electrons. The van der Waals surface area contributed by atoms with Gasteiger partial charge in [0.2, 0.25) is 0 Å². The van der Waals surface area contributed by atoms with E-state index < -0.39 is 11.0 Å². The molecule has 0 saturated carbocycles. The van der Waals surface area contributed by atoms with E-state index in [9.17, 15) is 4.21 Å². The van der Waals surface area contributed by atoms with Crippen LogP contribution < -0.4 is 10.0 Å². The fraction of sp³-hybridized carbons (Fsp3) is 0.323. The zero-order chi connectivity index (χ0) is 26.2. The highest BCUT2D eigenvalue weighted by Gasteiger charge is 2.17. The van der Waals surface area contributed by atoms with Gasteiger partial charge in [0, 0.05) is 13.6 Å². The van der Waals surface area contributed by atoms with E-state index in [-0.39, 0.29) is 0 Å². The summed E-state index contributed by atoms with van der Waals surface area (Å²) in [6, 6.07) is 27.2. The van der Waals surface area contributed by atoms with Gasteiger partial charge in [-0.2, -0.15) is 5.10 Å². The Kier molecular flexibility index (Phi) is 9.31. The minimum atomic E-state index is -1.36. The Balaban J connectivity index is 1.34. The summed E-state index contributed by atoms with van der Waals surface area (Å²) in [4.78, 5) is 0.749. The van der Waals surface area contributed by atoms with Crippen LogP contribution in [0.3, 0.4) is 0 Å². The lowest BCUT2D eigenvalue weighted by Crippen LogP contribution is -2.15. The Bertz CT molecular complexity index is 1310. The molecule has 0 fully saturated rings. The minimum Gasteiger partial charge on any atom is -0.313 e. The second kappa shape index (κ2) is 12.8. The molecular weight excluding hydrogens is 476 g/mol. The van der Waals surface area contributed by atoms with E-state index in [0.717, 1.165) is 65.4 Å². The molecular formula is C31H38N4OS. The molecule has 0 saturated heterocycles. The third-order valence-corrected chi connectivity index (χ3v) is 7.61.